The van der Waals surface area contributed by atoms with Crippen LogP contribution < -0.4 is 0 Å². The van der Waals surface area contributed by atoms with E-state index in [1.54, 1.807) is 31.2 Å². The summed E-state index contributed by atoms with van der Waals surface area (Å²) >= 11 is 0. The van der Waals surface area contributed by atoms with Crippen LogP contribution in [0.25, 0.3) is 82.1 Å². The van der Waals surface area contributed by atoms with E-state index in [0.29, 0.717) is 61.0 Å². The minimum atomic E-state index is -4.53. The summed E-state index contributed by atoms with van der Waals surface area (Å²) in [5, 5.41) is 3.15. The van der Waals surface area contributed by atoms with Crippen LogP contribution in [0.5, 0.6) is 0 Å². The first-order chi connectivity index (χ1) is 26.8. The van der Waals surface area contributed by atoms with Gasteiger partial charge in [-0.15, -0.1) is 0 Å². The zero-order valence-electron chi connectivity index (χ0n) is 29.9. The highest BCUT2D eigenvalue weighted by atomic mass is 19.4. The third-order valence-electron chi connectivity index (χ3n) is 10.6. The molecule has 0 bridgehead atoms. The fourth-order valence-electron chi connectivity index (χ4n) is 8.03. The number of aromatic nitrogens is 2. The molecule has 7 aromatic carbocycles. The van der Waals surface area contributed by atoms with Crippen LogP contribution in [-0.4, -0.2) is 9.13 Å². The first-order valence-electron chi connectivity index (χ1n) is 17.8. The molecule has 0 N–H and O–H groups in total. The maximum absolute atomic E-state index is 13.9. The van der Waals surface area contributed by atoms with Crippen molar-refractivity contribution >= 4 is 49.3 Å². The summed E-state index contributed by atoms with van der Waals surface area (Å²) in [6, 6.07) is 40.0. The van der Waals surface area contributed by atoms with E-state index in [0.717, 1.165) is 51.3 Å². The Labute approximate surface area is 317 Å². The average molecular weight is 750 g/mol. The number of fused-ring (bicyclic) bond motifs is 6. The Bertz CT molecular complexity index is 3100. The number of halogens is 6. The third-order valence-corrected chi connectivity index (χ3v) is 10.6. The molecule has 3 nitrogen and oxygen atoms in total. The van der Waals surface area contributed by atoms with E-state index < -0.39 is 23.5 Å². The van der Waals surface area contributed by atoms with E-state index in [9.17, 15) is 26.3 Å². The lowest BCUT2D eigenvalue weighted by molar-refractivity contribution is -0.138. The van der Waals surface area contributed by atoms with Crippen LogP contribution in [0.2, 0.25) is 0 Å². The van der Waals surface area contributed by atoms with E-state index >= 15 is 0 Å². The molecular weight excluding hydrogens is 721 g/mol. The highest BCUT2D eigenvalue weighted by Gasteiger charge is 2.32. The second-order valence-electron chi connectivity index (χ2n) is 14.0. The van der Waals surface area contributed by atoms with Crippen molar-refractivity contribution in [3.63, 3.8) is 0 Å². The van der Waals surface area contributed by atoms with Gasteiger partial charge in [-0.05, 0) is 121 Å². The van der Waals surface area contributed by atoms with E-state index in [1.807, 2.05) is 72.2 Å². The summed E-state index contributed by atoms with van der Waals surface area (Å²) < 4.78 is 86.8. The number of aryl methyl sites for hydroxylation is 2. The minimum Gasteiger partial charge on any atom is -0.309 e. The molecule has 56 heavy (non-hydrogen) atoms. The highest BCUT2D eigenvalue weighted by Crippen LogP contribution is 2.44. The van der Waals surface area contributed by atoms with Gasteiger partial charge >= 0.3 is 12.4 Å². The second kappa shape index (κ2) is 12.6. The first-order valence-corrected chi connectivity index (χ1v) is 17.8. The number of nitrogens with zero attached hydrogens (tertiary/aromatic N) is 3. The molecule has 2 aromatic heterocycles. The molecule has 0 aliphatic rings. The van der Waals surface area contributed by atoms with Crippen molar-refractivity contribution < 1.29 is 26.3 Å². The van der Waals surface area contributed by atoms with Gasteiger partial charge in [0.2, 0.25) is 0 Å². The molecule has 9 rings (SSSR count). The Hall–Kier alpha value is -6.79. The molecule has 0 atom stereocenters. The number of hydrogen-bond donors (Lipinski definition) is 0. The summed E-state index contributed by atoms with van der Waals surface area (Å²) in [6.07, 6.45) is -9.03. The van der Waals surface area contributed by atoms with Crippen molar-refractivity contribution in [3.05, 3.63) is 173 Å². The van der Waals surface area contributed by atoms with Gasteiger partial charge in [-0.3, -0.25) is 0 Å². The molecule has 0 fully saturated rings. The Morgan fingerprint density at radius 1 is 0.482 bits per heavy atom. The largest absolute Gasteiger partial charge is 0.416 e. The van der Waals surface area contributed by atoms with E-state index in [1.165, 1.54) is 18.2 Å². The summed E-state index contributed by atoms with van der Waals surface area (Å²) in [5.41, 5.74) is 7.30. The summed E-state index contributed by atoms with van der Waals surface area (Å²) in [7, 11) is 0. The smallest absolute Gasteiger partial charge is 0.309 e. The molecule has 0 radical (unpaired) electrons. The van der Waals surface area contributed by atoms with Gasteiger partial charge in [0, 0.05) is 27.2 Å². The first kappa shape index (κ1) is 34.9. The predicted octanol–water partition coefficient (Wildman–Crippen LogP) is 14.4. The summed E-state index contributed by atoms with van der Waals surface area (Å²) in [6.45, 7) is 12.0. The Kier molecular flexibility index (Phi) is 7.89. The number of alkyl halides is 6. The van der Waals surface area contributed by atoms with E-state index in [4.69, 9.17) is 6.57 Å². The number of rotatable bonds is 4. The maximum atomic E-state index is 13.9. The molecule has 0 aliphatic heterocycles. The molecule has 0 amide bonds. The molecule has 9 heteroatoms. The zero-order valence-corrected chi connectivity index (χ0v) is 29.9. The van der Waals surface area contributed by atoms with Crippen molar-refractivity contribution in [3.8, 4) is 33.6 Å². The van der Waals surface area contributed by atoms with Gasteiger partial charge in [0.15, 0.2) is 5.69 Å². The van der Waals surface area contributed by atoms with Crippen LogP contribution in [0.15, 0.2) is 140 Å². The monoisotopic (exact) mass is 749 g/mol. The topological polar surface area (TPSA) is 14.2 Å². The van der Waals surface area contributed by atoms with Crippen LogP contribution in [0, 0.1) is 20.4 Å². The Morgan fingerprint density at radius 3 is 1.75 bits per heavy atom. The molecule has 0 saturated carbocycles. The fraction of sp³-hybridized carbons (Fsp3) is 0.0851. The summed E-state index contributed by atoms with van der Waals surface area (Å²) in [4.78, 5) is 3.93. The number of benzene rings is 7. The van der Waals surface area contributed by atoms with Crippen molar-refractivity contribution in [2.75, 3.05) is 0 Å². The Balaban J connectivity index is 1.35. The molecule has 9 aromatic rings. The Morgan fingerprint density at radius 2 is 1.07 bits per heavy atom. The molecular formula is C47H29F6N3. The number of hydrogen-bond acceptors (Lipinski definition) is 0. The van der Waals surface area contributed by atoms with Crippen molar-refractivity contribution in [2.24, 2.45) is 0 Å². The van der Waals surface area contributed by atoms with Gasteiger partial charge in [0.25, 0.3) is 0 Å². The minimum absolute atomic E-state index is 0.327. The lowest BCUT2D eigenvalue weighted by Crippen LogP contribution is -2.05. The molecule has 0 unspecified atom stereocenters. The number of para-hydroxylation sites is 2. The molecule has 274 valence electrons. The normalized spacial score (nSPS) is 12.3. The standard InChI is InChI=1S/C47H29F6N3/c1-27-12-19-44-37(22-27)34-8-5-7-11-42(34)56(44)45-20-13-29(33-17-14-30(23-28(33)2)46(48,49)50)24-38(45)36-26-32(16-18-40(36)54-3)55-41-10-6-4-9-35(41)39-25-31(47(51,52)53)15-21-43(39)55/h4-26H,1-2H3. The van der Waals surface area contributed by atoms with E-state index in [2.05, 4.69) is 27.6 Å². The molecule has 0 spiro atoms. The van der Waals surface area contributed by atoms with Crippen LogP contribution in [0.4, 0.5) is 32.0 Å². The van der Waals surface area contributed by atoms with Crippen molar-refractivity contribution in [2.45, 2.75) is 26.2 Å². The molecule has 0 saturated heterocycles. The highest BCUT2D eigenvalue weighted by molar-refractivity contribution is 6.11. The molecule has 2 heterocycles. The van der Waals surface area contributed by atoms with Gasteiger partial charge < -0.3 is 9.13 Å². The lowest BCUT2D eigenvalue weighted by atomic mass is 9.93. The van der Waals surface area contributed by atoms with Crippen LogP contribution >= 0.6 is 0 Å². The molecule has 0 aliphatic carbocycles. The quantitative estimate of drug-likeness (QED) is 0.126. The second-order valence-corrected chi connectivity index (χ2v) is 14.0. The predicted molar refractivity (Wildman–Crippen MR) is 212 cm³/mol. The van der Waals surface area contributed by atoms with Crippen LogP contribution in [0.1, 0.15) is 22.3 Å². The summed E-state index contributed by atoms with van der Waals surface area (Å²) in [5.74, 6) is 0. The van der Waals surface area contributed by atoms with Gasteiger partial charge in [0.05, 0.1) is 45.5 Å². The van der Waals surface area contributed by atoms with Crippen LogP contribution in [0.3, 0.4) is 0 Å². The average Bonchev–Trinajstić information content (AvgIpc) is 3.69. The van der Waals surface area contributed by atoms with Gasteiger partial charge in [-0.2, -0.15) is 26.3 Å². The zero-order chi connectivity index (χ0) is 39.1. The maximum Gasteiger partial charge on any atom is 0.416 e. The van der Waals surface area contributed by atoms with E-state index in [-0.39, 0.29) is 0 Å². The van der Waals surface area contributed by atoms with Crippen molar-refractivity contribution in [1.82, 2.24) is 9.13 Å². The SMILES string of the molecule is [C-]#[N+]c1ccc(-n2c3ccccc3c3cc(C(F)(F)F)ccc32)cc1-c1cc(-c2ccc(C(F)(F)F)cc2C)ccc1-n1c2ccccc2c2cc(C)ccc21. The fourth-order valence-corrected chi connectivity index (χ4v) is 8.03. The van der Waals surface area contributed by atoms with Gasteiger partial charge in [0.1, 0.15) is 0 Å². The lowest BCUT2D eigenvalue weighted by Gasteiger charge is -2.19. The van der Waals surface area contributed by atoms with Crippen LogP contribution in [-0.2, 0) is 12.4 Å². The van der Waals surface area contributed by atoms with Gasteiger partial charge in [-0.1, -0.05) is 66.2 Å². The van der Waals surface area contributed by atoms with Crippen molar-refractivity contribution in [1.29, 1.82) is 0 Å². The third kappa shape index (κ3) is 5.60. The van der Waals surface area contributed by atoms with Gasteiger partial charge in [-0.25, -0.2) is 4.85 Å².